The van der Waals surface area contributed by atoms with E-state index < -0.39 is 6.09 Å². The van der Waals surface area contributed by atoms with E-state index in [1.54, 1.807) is 78.1 Å². The number of nitrogens with one attached hydrogen (secondary N) is 3. The second-order valence-corrected chi connectivity index (χ2v) is 9.26. The number of fused-ring (bicyclic) bond motifs is 1. The Balaban J connectivity index is 1.16. The molecule has 3 amide bonds. The Labute approximate surface area is 222 Å². The highest BCUT2D eigenvalue weighted by molar-refractivity contribution is 7.09. The van der Waals surface area contributed by atoms with Crippen LogP contribution in [0.5, 0.6) is 11.5 Å². The molecule has 0 radical (unpaired) electrons. The first-order valence-corrected chi connectivity index (χ1v) is 12.6. The second kappa shape index (κ2) is 11.5. The number of rotatable bonds is 8. The van der Waals surface area contributed by atoms with E-state index >= 15 is 0 Å². The Hall–Kier alpha value is -4.83. The summed E-state index contributed by atoms with van der Waals surface area (Å²) in [4.78, 5) is 38.6. The van der Waals surface area contributed by atoms with Gasteiger partial charge in [-0.15, -0.1) is 11.3 Å². The summed E-state index contributed by atoms with van der Waals surface area (Å²) < 4.78 is 15.9. The van der Waals surface area contributed by atoms with Gasteiger partial charge in [0.2, 0.25) is 6.79 Å². The van der Waals surface area contributed by atoms with E-state index in [9.17, 15) is 14.4 Å². The van der Waals surface area contributed by atoms with Gasteiger partial charge in [-0.25, -0.2) is 4.79 Å². The van der Waals surface area contributed by atoms with Gasteiger partial charge in [0.25, 0.3) is 11.8 Å². The van der Waals surface area contributed by atoms with Crippen LogP contribution < -0.4 is 25.4 Å². The van der Waals surface area contributed by atoms with Gasteiger partial charge in [0.15, 0.2) is 11.5 Å². The number of thiophene rings is 1. The monoisotopic (exact) mass is 529 g/mol. The zero-order valence-electron chi connectivity index (χ0n) is 20.1. The normalized spacial score (nSPS) is 11.5. The van der Waals surface area contributed by atoms with E-state index in [-0.39, 0.29) is 25.2 Å². The Kier molecular flexibility index (Phi) is 7.51. The van der Waals surface area contributed by atoms with Gasteiger partial charge < -0.3 is 30.2 Å². The number of ether oxygens (including phenoxy) is 3. The third-order valence-corrected chi connectivity index (χ3v) is 6.51. The molecule has 1 aliphatic rings. The first-order chi connectivity index (χ1) is 18.5. The van der Waals surface area contributed by atoms with Crippen molar-refractivity contribution in [3.63, 3.8) is 0 Å². The standard InChI is InChI=1S/C28H23N3O6S/c32-26(19-9-7-18(8-10-19)16-35-28(34)29-15-21-4-3-13-38-21)30-22-5-1-2-6-23(22)31-27(33)20-11-12-24-25(14-20)37-17-36-24/h1-14H,15-17H2,(H,29,34)(H,30,32)(H,31,33). The Morgan fingerprint density at radius 3 is 2.18 bits per heavy atom. The van der Waals surface area contributed by atoms with Crippen molar-refractivity contribution < 1.29 is 28.6 Å². The van der Waals surface area contributed by atoms with Crippen molar-refractivity contribution in [2.45, 2.75) is 13.2 Å². The van der Waals surface area contributed by atoms with Crippen LogP contribution in [0.25, 0.3) is 0 Å². The van der Waals surface area contributed by atoms with Crippen molar-refractivity contribution in [3.05, 3.63) is 106 Å². The lowest BCUT2D eigenvalue weighted by Crippen LogP contribution is -2.23. The zero-order valence-corrected chi connectivity index (χ0v) is 20.9. The molecule has 3 aromatic carbocycles. The van der Waals surface area contributed by atoms with Crippen molar-refractivity contribution in [1.29, 1.82) is 0 Å². The van der Waals surface area contributed by atoms with Crippen LogP contribution in [0.2, 0.25) is 0 Å². The molecule has 1 aromatic heterocycles. The highest BCUT2D eigenvalue weighted by atomic mass is 32.1. The minimum absolute atomic E-state index is 0.0763. The maximum Gasteiger partial charge on any atom is 0.407 e. The highest BCUT2D eigenvalue weighted by Gasteiger charge is 2.17. The molecule has 0 unspecified atom stereocenters. The largest absolute Gasteiger partial charge is 0.454 e. The lowest BCUT2D eigenvalue weighted by molar-refractivity contribution is 0.101. The molecule has 0 atom stereocenters. The smallest absolute Gasteiger partial charge is 0.407 e. The molecule has 0 bridgehead atoms. The third-order valence-electron chi connectivity index (χ3n) is 5.63. The molecule has 0 aliphatic carbocycles. The summed E-state index contributed by atoms with van der Waals surface area (Å²) in [6, 6.07) is 22.4. The fourth-order valence-electron chi connectivity index (χ4n) is 3.65. The van der Waals surface area contributed by atoms with Gasteiger partial charge in [0.1, 0.15) is 6.61 Å². The number of amides is 3. The third kappa shape index (κ3) is 6.11. The summed E-state index contributed by atoms with van der Waals surface area (Å²) in [5.41, 5.74) is 2.44. The van der Waals surface area contributed by atoms with Crippen LogP contribution >= 0.6 is 11.3 Å². The Morgan fingerprint density at radius 1 is 0.789 bits per heavy atom. The highest BCUT2D eigenvalue weighted by Crippen LogP contribution is 2.33. The molecule has 0 saturated carbocycles. The minimum Gasteiger partial charge on any atom is -0.454 e. The van der Waals surface area contributed by atoms with E-state index in [1.165, 1.54) is 0 Å². The molecular formula is C28H23N3O6S. The van der Waals surface area contributed by atoms with Crippen molar-refractivity contribution in [3.8, 4) is 11.5 Å². The van der Waals surface area contributed by atoms with E-state index in [1.807, 2.05) is 17.5 Å². The van der Waals surface area contributed by atoms with Gasteiger partial charge in [0, 0.05) is 16.0 Å². The quantitative estimate of drug-likeness (QED) is 0.281. The molecule has 0 spiro atoms. The summed E-state index contributed by atoms with van der Waals surface area (Å²) in [6.07, 6.45) is -0.514. The van der Waals surface area contributed by atoms with E-state index in [2.05, 4.69) is 16.0 Å². The SMILES string of the molecule is O=C(NCc1cccs1)OCc1ccc(C(=O)Nc2ccccc2NC(=O)c2ccc3c(c2)OCO3)cc1. The van der Waals surface area contributed by atoms with Crippen LogP contribution in [-0.2, 0) is 17.9 Å². The van der Waals surface area contributed by atoms with Gasteiger partial charge in [-0.05, 0) is 59.5 Å². The minimum atomic E-state index is -0.514. The second-order valence-electron chi connectivity index (χ2n) is 8.23. The lowest BCUT2D eigenvalue weighted by Gasteiger charge is -2.13. The lowest BCUT2D eigenvalue weighted by atomic mass is 10.1. The zero-order chi connectivity index (χ0) is 26.3. The van der Waals surface area contributed by atoms with E-state index in [0.29, 0.717) is 40.5 Å². The van der Waals surface area contributed by atoms with Crippen LogP contribution in [0.4, 0.5) is 16.2 Å². The molecule has 5 rings (SSSR count). The summed E-state index contributed by atoms with van der Waals surface area (Å²) in [5, 5.41) is 10.3. The predicted octanol–water partition coefficient (Wildman–Crippen LogP) is 5.41. The number of hydrogen-bond donors (Lipinski definition) is 3. The fourth-order valence-corrected chi connectivity index (χ4v) is 4.30. The number of hydrogen-bond acceptors (Lipinski definition) is 7. The molecule has 4 aromatic rings. The van der Waals surface area contributed by atoms with Crippen molar-refractivity contribution in [2.24, 2.45) is 0 Å². The van der Waals surface area contributed by atoms with Crippen LogP contribution in [0.15, 0.2) is 84.2 Å². The van der Waals surface area contributed by atoms with Crippen molar-refractivity contribution in [2.75, 3.05) is 17.4 Å². The summed E-state index contributed by atoms with van der Waals surface area (Å²) in [5.74, 6) is 0.390. The van der Waals surface area contributed by atoms with Gasteiger partial charge in [0.05, 0.1) is 17.9 Å². The number of para-hydroxylation sites is 2. The predicted molar refractivity (Wildman–Crippen MR) is 143 cm³/mol. The van der Waals surface area contributed by atoms with Gasteiger partial charge in [-0.2, -0.15) is 0 Å². The summed E-state index contributed by atoms with van der Waals surface area (Å²) in [7, 11) is 0. The molecule has 2 heterocycles. The summed E-state index contributed by atoms with van der Waals surface area (Å²) >= 11 is 1.55. The first kappa shape index (κ1) is 24.8. The molecular weight excluding hydrogens is 506 g/mol. The topological polar surface area (TPSA) is 115 Å². The van der Waals surface area contributed by atoms with Crippen molar-refractivity contribution >= 4 is 40.6 Å². The van der Waals surface area contributed by atoms with Crippen molar-refractivity contribution in [1.82, 2.24) is 5.32 Å². The van der Waals surface area contributed by atoms with E-state index in [0.717, 1.165) is 10.4 Å². The average Bonchev–Trinajstić information content (AvgIpc) is 3.64. The molecule has 9 nitrogen and oxygen atoms in total. The van der Waals surface area contributed by atoms with Crippen LogP contribution in [0.3, 0.4) is 0 Å². The fraction of sp³-hybridized carbons (Fsp3) is 0.107. The maximum absolute atomic E-state index is 12.9. The number of carbonyl (C=O) groups excluding carboxylic acids is 3. The molecule has 10 heteroatoms. The molecule has 3 N–H and O–H groups in total. The molecule has 0 fully saturated rings. The average molecular weight is 530 g/mol. The Bertz CT molecular complexity index is 1450. The number of anilines is 2. The van der Waals surface area contributed by atoms with Gasteiger partial charge in [-0.3, -0.25) is 9.59 Å². The van der Waals surface area contributed by atoms with Crippen LogP contribution in [0, 0.1) is 0 Å². The number of benzene rings is 3. The number of carbonyl (C=O) groups is 3. The summed E-state index contributed by atoms with van der Waals surface area (Å²) in [6.45, 7) is 0.607. The maximum atomic E-state index is 12.9. The van der Waals surface area contributed by atoms with Gasteiger partial charge >= 0.3 is 6.09 Å². The van der Waals surface area contributed by atoms with Crippen LogP contribution in [0.1, 0.15) is 31.2 Å². The number of alkyl carbamates (subject to hydrolysis) is 1. The molecule has 0 saturated heterocycles. The molecule has 192 valence electrons. The molecule has 1 aliphatic heterocycles. The first-order valence-electron chi connectivity index (χ1n) is 11.7. The van der Waals surface area contributed by atoms with E-state index in [4.69, 9.17) is 14.2 Å². The Morgan fingerprint density at radius 2 is 1.47 bits per heavy atom. The van der Waals surface area contributed by atoms with Crippen LogP contribution in [-0.4, -0.2) is 24.7 Å². The van der Waals surface area contributed by atoms with Gasteiger partial charge in [-0.1, -0.05) is 30.3 Å². The molecule has 38 heavy (non-hydrogen) atoms.